The predicted molar refractivity (Wildman–Crippen MR) is 95.0 cm³/mol. The van der Waals surface area contributed by atoms with E-state index in [2.05, 4.69) is 25.9 Å². The number of carbonyl (C=O) groups excluding carboxylic acids is 2. The van der Waals surface area contributed by atoms with Crippen molar-refractivity contribution in [2.75, 3.05) is 16.7 Å². The van der Waals surface area contributed by atoms with Gasteiger partial charge in [0, 0.05) is 6.54 Å². The summed E-state index contributed by atoms with van der Waals surface area (Å²) in [5.74, 6) is -1.80. The van der Waals surface area contributed by atoms with Crippen LogP contribution in [0, 0.1) is 0 Å². The molecule has 0 saturated carbocycles. The molecule has 0 unspecified atom stereocenters. The Balaban J connectivity index is 1.92. The molecule has 0 aromatic carbocycles. The van der Waals surface area contributed by atoms with E-state index in [1.54, 1.807) is 20.0 Å². The summed E-state index contributed by atoms with van der Waals surface area (Å²) in [6.07, 6.45) is 5.39. The number of pyridine rings is 1. The van der Waals surface area contributed by atoms with Crippen molar-refractivity contribution >= 4 is 33.4 Å². The van der Waals surface area contributed by atoms with Crippen molar-refractivity contribution < 1.29 is 22.7 Å². The van der Waals surface area contributed by atoms with Crippen LogP contribution in [0.3, 0.4) is 0 Å². The highest BCUT2D eigenvalue weighted by Gasteiger charge is 2.18. The molecule has 0 bridgehead atoms. The molecule has 0 aliphatic carbocycles. The Hall–Kier alpha value is -3.08. The van der Waals surface area contributed by atoms with Crippen LogP contribution in [0.1, 0.15) is 13.8 Å². The average molecular weight is 381 g/mol. The molecule has 2 heterocycles. The van der Waals surface area contributed by atoms with Gasteiger partial charge in [0.05, 0.1) is 22.9 Å². The van der Waals surface area contributed by atoms with Gasteiger partial charge in [-0.15, -0.1) is 0 Å². The maximum Gasteiger partial charge on any atom is 0.398 e. The molecule has 1 aliphatic heterocycles. The second-order valence-electron chi connectivity index (χ2n) is 5.42. The summed E-state index contributed by atoms with van der Waals surface area (Å²) in [6.45, 7) is 3.66. The third-order valence-corrected chi connectivity index (χ3v) is 4.37. The number of rotatable bonds is 6. The maximum atomic E-state index is 12.2. The number of aromatic nitrogens is 1. The number of sulfonamides is 1. The molecule has 10 nitrogen and oxygen atoms in total. The first kappa shape index (κ1) is 19.2. The van der Waals surface area contributed by atoms with Crippen LogP contribution in [0.4, 0.5) is 11.5 Å². The van der Waals surface area contributed by atoms with E-state index < -0.39 is 28.0 Å². The molecule has 4 N–H and O–H groups in total. The number of nitrogens with zero attached hydrogens (tertiary/aromatic N) is 1. The monoisotopic (exact) mass is 381 g/mol. The number of carbonyl (C=O) groups is 2. The van der Waals surface area contributed by atoms with Crippen molar-refractivity contribution in [3.05, 3.63) is 41.6 Å². The lowest BCUT2D eigenvalue weighted by Crippen LogP contribution is -2.37. The standard InChI is InChI=1S/C15H19N5O5S/c1-10(2)25-15(22)14(21)19-18-13-4-3-11(9-17-13)20-26(23,24)12-5-7-16-8-6-12/h3-7,9-10,16,20H,8H2,1-2H3,(H,17,18)(H,19,21). The Labute approximate surface area is 150 Å². The summed E-state index contributed by atoms with van der Waals surface area (Å²) in [4.78, 5) is 26.9. The number of dihydropyridines is 1. The molecule has 0 spiro atoms. The Bertz CT molecular complexity index is 830. The summed E-state index contributed by atoms with van der Waals surface area (Å²) in [5, 5.41) is 2.86. The van der Waals surface area contributed by atoms with E-state index in [-0.39, 0.29) is 16.4 Å². The number of anilines is 2. The number of esters is 1. The fourth-order valence-electron chi connectivity index (χ4n) is 1.82. The van der Waals surface area contributed by atoms with Gasteiger partial charge in [0.15, 0.2) is 0 Å². The zero-order valence-electron chi connectivity index (χ0n) is 14.1. The number of hydrogen-bond acceptors (Lipinski definition) is 8. The molecule has 1 amide bonds. The highest BCUT2D eigenvalue weighted by Crippen LogP contribution is 2.16. The summed E-state index contributed by atoms with van der Waals surface area (Å²) in [7, 11) is -3.70. The minimum atomic E-state index is -3.70. The lowest BCUT2D eigenvalue weighted by molar-refractivity contribution is -0.157. The third-order valence-electron chi connectivity index (χ3n) is 2.94. The number of nitrogens with one attached hydrogen (secondary N) is 4. The molecule has 1 aromatic heterocycles. The van der Waals surface area contributed by atoms with Crippen molar-refractivity contribution in [2.45, 2.75) is 20.0 Å². The first-order chi connectivity index (χ1) is 12.3. The molecule has 0 saturated heterocycles. The Morgan fingerprint density at radius 1 is 1.31 bits per heavy atom. The van der Waals surface area contributed by atoms with E-state index in [1.807, 2.05) is 0 Å². The average Bonchev–Trinajstić information content (AvgIpc) is 2.60. The van der Waals surface area contributed by atoms with Crippen LogP contribution in [0.5, 0.6) is 0 Å². The molecular formula is C15H19N5O5S. The quantitative estimate of drug-likeness (QED) is 0.312. The van der Waals surface area contributed by atoms with Gasteiger partial charge >= 0.3 is 11.9 Å². The van der Waals surface area contributed by atoms with Crippen LogP contribution in [0.2, 0.25) is 0 Å². The van der Waals surface area contributed by atoms with E-state index >= 15 is 0 Å². The van der Waals surface area contributed by atoms with Crippen molar-refractivity contribution in [1.82, 2.24) is 15.7 Å². The molecule has 0 radical (unpaired) electrons. The lowest BCUT2D eigenvalue weighted by atomic mass is 10.4. The van der Waals surface area contributed by atoms with Gasteiger partial charge in [0.1, 0.15) is 5.82 Å². The van der Waals surface area contributed by atoms with Gasteiger partial charge in [-0.3, -0.25) is 20.4 Å². The molecule has 11 heteroatoms. The topological polar surface area (TPSA) is 139 Å². The van der Waals surface area contributed by atoms with Crippen molar-refractivity contribution in [3.63, 3.8) is 0 Å². The van der Waals surface area contributed by atoms with Gasteiger partial charge in [-0.25, -0.2) is 18.2 Å². The Morgan fingerprint density at radius 2 is 2.08 bits per heavy atom. The van der Waals surface area contributed by atoms with Crippen LogP contribution >= 0.6 is 0 Å². The lowest BCUT2D eigenvalue weighted by Gasteiger charge is -2.12. The van der Waals surface area contributed by atoms with Crippen LogP contribution in [-0.4, -0.2) is 37.9 Å². The summed E-state index contributed by atoms with van der Waals surface area (Å²) in [6, 6.07) is 2.88. The number of hydrogen-bond donors (Lipinski definition) is 4. The maximum absolute atomic E-state index is 12.2. The zero-order valence-corrected chi connectivity index (χ0v) is 15.0. The SMILES string of the molecule is CC(C)OC(=O)C(=O)NNc1ccc(NS(=O)(=O)C2=CCNC=C2)cn1. The highest BCUT2D eigenvalue weighted by atomic mass is 32.2. The summed E-state index contributed by atoms with van der Waals surface area (Å²) < 4.78 is 31.5. The molecule has 1 aliphatic rings. The number of allylic oxidation sites excluding steroid dienone is 1. The van der Waals surface area contributed by atoms with Gasteiger partial charge in [0.25, 0.3) is 10.0 Å². The van der Waals surface area contributed by atoms with Crippen molar-refractivity contribution in [1.29, 1.82) is 0 Å². The van der Waals surface area contributed by atoms with Gasteiger partial charge in [-0.1, -0.05) is 0 Å². The molecule has 26 heavy (non-hydrogen) atoms. The first-order valence-corrected chi connectivity index (χ1v) is 9.12. The first-order valence-electron chi connectivity index (χ1n) is 7.64. The molecule has 140 valence electrons. The van der Waals surface area contributed by atoms with Crippen molar-refractivity contribution in [3.8, 4) is 0 Å². The largest absolute Gasteiger partial charge is 0.456 e. The Kier molecular flexibility index (Phi) is 6.17. The van der Waals surface area contributed by atoms with E-state index in [1.165, 1.54) is 30.5 Å². The molecular weight excluding hydrogens is 362 g/mol. The van der Waals surface area contributed by atoms with E-state index in [4.69, 9.17) is 4.74 Å². The van der Waals surface area contributed by atoms with Gasteiger partial charge in [0.2, 0.25) is 0 Å². The van der Waals surface area contributed by atoms with Crippen LogP contribution in [0.25, 0.3) is 0 Å². The normalized spacial score (nSPS) is 13.4. The summed E-state index contributed by atoms with van der Waals surface area (Å²) in [5.41, 5.74) is 4.81. The predicted octanol–water partition coefficient (Wildman–Crippen LogP) is 0.219. The van der Waals surface area contributed by atoms with Crippen LogP contribution < -0.4 is 20.9 Å². The third kappa shape index (κ3) is 5.48. The van der Waals surface area contributed by atoms with E-state index in [0.29, 0.717) is 6.54 Å². The van der Waals surface area contributed by atoms with Gasteiger partial charge in [-0.2, -0.15) is 0 Å². The Morgan fingerprint density at radius 3 is 2.65 bits per heavy atom. The second-order valence-corrected chi connectivity index (χ2v) is 7.10. The van der Waals surface area contributed by atoms with E-state index in [9.17, 15) is 18.0 Å². The van der Waals surface area contributed by atoms with Crippen LogP contribution in [-0.2, 0) is 24.3 Å². The highest BCUT2D eigenvalue weighted by molar-refractivity contribution is 7.96. The fraction of sp³-hybridized carbons (Fsp3) is 0.267. The van der Waals surface area contributed by atoms with Gasteiger partial charge in [-0.05, 0) is 44.3 Å². The van der Waals surface area contributed by atoms with Crippen molar-refractivity contribution in [2.24, 2.45) is 0 Å². The zero-order chi connectivity index (χ0) is 19.2. The number of hydrazine groups is 1. The summed E-state index contributed by atoms with van der Waals surface area (Å²) >= 11 is 0. The number of amides is 1. The number of ether oxygens (including phenoxy) is 1. The minimum Gasteiger partial charge on any atom is -0.456 e. The molecule has 0 fully saturated rings. The molecule has 2 rings (SSSR count). The smallest absolute Gasteiger partial charge is 0.398 e. The van der Waals surface area contributed by atoms with Gasteiger partial charge < -0.3 is 10.1 Å². The second kappa shape index (κ2) is 8.34. The molecule has 1 aromatic rings. The minimum absolute atomic E-state index is 0.148. The fourth-order valence-corrected chi connectivity index (χ4v) is 2.92. The van der Waals surface area contributed by atoms with Crippen LogP contribution in [0.15, 0.2) is 41.6 Å². The molecule has 0 atom stereocenters. The van der Waals surface area contributed by atoms with E-state index in [0.717, 1.165) is 0 Å².